The smallest absolute Gasteiger partial charge is 0.290 e. The van der Waals surface area contributed by atoms with Gasteiger partial charge in [-0.15, -0.1) is 0 Å². The number of carbonyl (C=O) groups excluding carboxylic acids is 1. The lowest BCUT2D eigenvalue weighted by Gasteiger charge is -2.26. The number of hydrogen-bond donors (Lipinski definition) is 0. The van der Waals surface area contributed by atoms with Gasteiger partial charge in [0.15, 0.2) is 5.76 Å². The second-order valence-electron chi connectivity index (χ2n) is 7.51. The van der Waals surface area contributed by atoms with E-state index in [1.54, 1.807) is 25.2 Å². The number of rotatable bonds is 7. The van der Waals surface area contributed by atoms with Crippen LogP contribution in [0, 0.1) is 0 Å². The molecular weight excluding hydrogens is 410 g/mol. The zero-order valence-corrected chi connectivity index (χ0v) is 18.1. The summed E-state index contributed by atoms with van der Waals surface area (Å²) in [6.45, 7) is 0.805. The molecular formula is C25H25NO6. The molecule has 166 valence electrons. The zero-order valence-electron chi connectivity index (χ0n) is 18.1. The number of amides is 1. The fourth-order valence-corrected chi connectivity index (χ4v) is 3.92. The van der Waals surface area contributed by atoms with E-state index in [0.29, 0.717) is 18.0 Å². The third kappa shape index (κ3) is 4.46. The van der Waals surface area contributed by atoms with Crippen LogP contribution in [0.3, 0.4) is 0 Å². The topological polar surface area (TPSA) is 78.2 Å². The molecule has 2 aromatic carbocycles. The highest BCUT2D eigenvalue weighted by Crippen LogP contribution is 2.39. The van der Waals surface area contributed by atoms with Gasteiger partial charge in [-0.1, -0.05) is 30.3 Å². The lowest BCUT2D eigenvalue weighted by molar-refractivity contribution is 0.0698. The van der Waals surface area contributed by atoms with Gasteiger partial charge in [-0.05, 0) is 30.5 Å². The molecule has 0 N–H and O–H groups in total. The molecule has 3 aromatic rings. The third-order valence-corrected chi connectivity index (χ3v) is 5.56. The Morgan fingerprint density at radius 2 is 1.88 bits per heavy atom. The van der Waals surface area contributed by atoms with Crippen LogP contribution in [0.5, 0.6) is 17.2 Å². The summed E-state index contributed by atoms with van der Waals surface area (Å²) in [5, 5.41) is 0. The van der Waals surface area contributed by atoms with Crippen LogP contribution in [0.4, 0.5) is 0 Å². The summed E-state index contributed by atoms with van der Waals surface area (Å²) in [6.07, 6.45) is 2.84. The van der Waals surface area contributed by atoms with E-state index >= 15 is 0 Å². The van der Waals surface area contributed by atoms with E-state index in [1.165, 1.54) is 12.3 Å². The summed E-state index contributed by atoms with van der Waals surface area (Å²) < 4.78 is 21.9. The average Bonchev–Trinajstić information content (AvgIpc) is 3.32. The highest BCUT2D eigenvalue weighted by Gasteiger charge is 2.34. The normalized spacial score (nSPS) is 15.4. The second kappa shape index (κ2) is 9.60. The maximum atomic E-state index is 13.2. The minimum Gasteiger partial charge on any atom is -0.497 e. The van der Waals surface area contributed by atoms with Crippen molar-refractivity contribution >= 4 is 5.91 Å². The highest BCUT2D eigenvalue weighted by molar-refractivity contribution is 5.92. The van der Waals surface area contributed by atoms with E-state index in [0.717, 1.165) is 24.0 Å². The largest absolute Gasteiger partial charge is 0.497 e. The van der Waals surface area contributed by atoms with Crippen LogP contribution in [-0.4, -0.2) is 31.6 Å². The predicted octanol–water partition coefficient (Wildman–Crippen LogP) is 4.21. The zero-order chi connectivity index (χ0) is 22.5. The number of likely N-dealkylation sites (tertiary alicyclic amines) is 1. The molecule has 1 atom stereocenters. The van der Waals surface area contributed by atoms with Crippen LogP contribution in [-0.2, 0) is 6.61 Å². The maximum absolute atomic E-state index is 13.2. The van der Waals surface area contributed by atoms with Crippen LogP contribution < -0.4 is 19.6 Å². The first-order valence-corrected chi connectivity index (χ1v) is 10.4. The van der Waals surface area contributed by atoms with Gasteiger partial charge >= 0.3 is 0 Å². The molecule has 1 unspecified atom stereocenters. The first kappa shape index (κ1) is 21.5. The van der Waals surface area contributed by atoms with Gasteiger partial charge in [-0.3, -0.25) is 9.59 Å². The van der Waals surface area contributed by atoms with Crippen molar-refractivity contribution in [1.29, 1.82) is 0 Å². The second-order valence-corrected chi connectivity index (χ2v) is 7.51. The van der Waals surface area contributed by atoms with Crippen LogP contribution in [0.1, 0.15) is 40.6 Å². The molecule has 0 saturated carbocycles. The molecule has 0 bridgehead atoms. The van der Waals surface area contributed by atoms with E-state index in [2.05, 4.69) is 0 Å². The monoisotopic (exact) mass is 435 g/mol. The summed E-state index contributed by atoms with van der Waals surface area (Å²) in [4.78, 5) is 27.4. The van der Waals surface area contributed by atoms with Crippen LogP contribution >= 0.6 is 0 Å². The molecule has 4 rings (SSSR count). The Hall–Kier alpha value is -3.74. The molecule has 0 radical (unpaired) electrons. The fourth-order valence-electron chi connectivity index (χ4n) is 3.92. The molecule has 2 heterocycles. The van der Waals surface area contributed by atoms with E-state index in [4.69, 9.17) is 18.6 Å². The lowest BCUT2D eigenvalue weighted by Crippen LogP contribution is -2.31. The quantitative estimate of drug-likeness (QED) is 0.553. The van der Waals surface area contributed by atoms with Gasteiger partial charge < -0.3 is 23.5 Å². The number of benzene rings is 2. The van der Waals surface area contributed by atoms with Crippen molar-refractivity contribution in [2.45, 2.75) is 25.5 Å². The Morgan fingerprint density at radius 1 is 1.06 bits per heavy atom. The van der Waals surface area contributed by atoms with Gasteiger partial charge in [-0.25, -0.2) is 0 Å². The van der Waals surface area contributed by atoms with Crippen molar-refractivity contribution in [3.63, 3.8) is 0 Å². The Morgan fingerprint density at radius 3 is 2.59 bits per heavy atom. The summed E-state index contributed by atoms with van der Waals surface area (Å²) in [5.74, 6) is 1.05. The molecule has 32 heavy (non-hydrogen) atoms. The first-order chi connectivity index (χ1) is 15.6. The molecule has 0 aliphatic carbocycles. The van der Waals surface area contributed by atoms with E-state index < -0.39 is 5.43 Å². The number of carbonyl (C=O) groups is 1. The van der Waals surface area contributed by atoms with Gasteiger partial charge in [0.2, 0.25) is 11.2 Å². The van der Waals surface area contributed by atoms with Gasteiger partial charge in [-0.2, -0.15) is 0 Å². The lowest BCUT2D eigenvalue weighted by atomic mass is 10.0. The van der Waals surface area contributed by atoms with Gasteiger partial charge in [0.25, 0.3) is 5.91 Å². The summed E-state index contributed by atoms with van der Waals surface area (Å²) in [7, 11) is 3.18. The van der Waals surface area contributed by atoms with Crippen LogP contribution in [0.15, 0.2) is 70.1 Å². The van der Waals surface area contributed by atoms with Crippen molar-refractivity contribution in [3.05, 3.63) is 88.0 Å². The number of hydrogen-bond acceptors (Lipinski definition) is 6. The minimum atomic E-state index is -0.395. The Labute approximate surface area is 186 Å². The number of nitrogens with zero attached hydrogens (tertiary/aromatic N) is 1. The van der Waals surface area contributed by atoms with Crippen molar-refractivity contribution < 1.29 is 23.4 Å². The van der Waals surface area contributed by atoms with Crippen molar-refractivity contribution in [3.8, 4) is 17.2 Å². The van der Waals surface area contributed by atoms with E-state index in [1.807, 2.05) is 42.5 Å². The molecule has 1 saturated heterocycles. The molecule has 1 aliphatic heterocycles. The predicted molar refractivity (Wildman–Crippen MR) is 118 cm³/mol. The molecule has 1 aromatic heterocycles. The third-order valence-electron chi connectivity index (χ3n) is 5.56. The van der Waals surface area contributed by atoms with Gasteiger partial charge in [0, 0.05) is 24.2 Å². The van der Waals surface area contributed by atoms with Gasteiger partial charge in [0.1, 0.15) is 24.4 Å². The van der Waals surface area contributed by atoms with Crippen LogP contribution in [0.25, 0.3) is 0 Å². The Kier molecular flexibility index (Phi) is 6.44. The van der Waals surface area contributed by atoms with Crippen LogP contribution in [0.2, 0.25) is 0 Å². The Bertz CT molecular complexity index is 1140. The molecule has 7 heteroatoms. The average molecular weight is 435 g/mol. The fraction of sp³-hybridized carbons (Fsp3) is 0.280. The molecule has 0 spiro atoms. The standard InChI is InChI=1S/C25H25NO6/c1-29-18-10-11-19(22(13-18)30-2)20-9-6-12-26(20)25(28)23-14-21(27)24(16-32-23)31-15-17-7-4-3-5-8-17/h3-5,7-8,10-11,13-14,16,20H,6,9,12,15H2,1-2H3. The minimum absolute atomic E-state index is 0.0126. The van der Waals surface area contributed by atoms with Gasteiger partial charge in [0.05, 0.1) is 20.3 Å². The summed E-state index contributed by atoms with van der Waals surface area (Å²) in [6, 6.07) is 16.1. The summed E-state index contributed by atoms with van der Waals surface area (Å²) in [5.41, 5.74) is 1.43. The highest BCUT2D eigenvalue weighted by atomic mass is 16.5. The van der Waals surface area contributed by atoms with E-state index in [9.17, 15) is 9.59 Å². The van der Waals surface area contributed by atoms with Crippen molar-refractivity contribution in [2.24, 2.45) is 0 Å². The van der Waals surface area contributed by atoms with E-state index in [-0.39, 0.29) is 30.1 Å². The number of methoxy groups -OCH3 is 2. The summed E-state index contributed by atoms with van der Waals surface area (Å²) >= 11 is 0. The molecule has 7 nitrogen and oxygen atoms in total. The molecule has 1 aliphatic rings. The first-order valence-electron chi connectivity index (χ1n) is 10.4. The van der Waals surface area contributed by atoms with Crippen molar-refractivity contribution in [1.82, 2.24) is 4.90 Å². The molecule has 1 fully saturated rings. The molecule has 1 amide bonds. The number of ether oxygens (including phenoxy) is 3. The Balaban J connectivity index is 1.52. The maximum Gasteiger partial charge on any atom is 0.290 e. The van der Waals surface area contributed by atoms with Crippen molar-refractivity contribution in [2.75, 3.05) is 20.8 Å². The SMILES string of the molecule is COc1ccc(C2CCCN2C(=O)c2cc(=O)c(OCc3ccccc3)co2)c(OC)c1.